The molecule has 0 radical (unpaired) electrons. The van der Waals surface area contributed by atoms with E-state index in [1.54, 1.807) is 24.3 Å². The van der Waals surface area contributed by atoms with Crippen molar-refractivity contribution in [2.75, 3.05) is 5.75 Å². The molecule has 8 heteroatoms. The Morgan fingerprint density at radius 2 is 1.49 bits per heavy atom. The maximum atomic E-state index is 14.7. The van der Waals surface area contributed by atoms with Crippen LogP contribution in [0.15, 0.2) is 89.9 Å². The number of rotatable bonds is 7. The van der Waals surface area contributed by atoms with Gasteiger partial charge >= 0.3 is 5.97 Å². The van der Waals surface area contributed by atoms with Crippen LogP contribution in [0.25, 0.3) is 0 Å². The number of nitrogens with zero attached hydrogens (tertiary/aromatic N) is 2. The molecule has 2 bridgehead atoms. The summed E-state index contributed by atoms with van der Waals surface area (Å²) in [4.78, 5) is 32.5. The second kappa shape index (κ2) is 11.2. The SMILES string of the molecule is CC(C)(C)OC(=O)c1ccc(C[C@H](N=C(c2ccccc2)c2ccccc2)C(=O)N2[C@@H]3C[C@H]4CC[C@]3(CS2(=O)=O)C4(C)C)cc1. The van der Waals surface area contributed by atoms with E-state index in [0.29, 0.717) is 23.6 Å². The Kier molecular flexibility index (Phi) is 7.79. The average molecular weight is 627 g/mol. The Bertz CT molecular complexity index is 1690. The first-order valence-corrected chi connectivity index (χ1v) is 17.4. The van der Waals surface area contributed by atoms with Gasteiger partial charge in [-0.25, -0.2) is 17.5 Å². The van der Waals surface area contributed by atoms with Gasteiger partial charge in [0.05, 0.1) is 23.1 Å². The van der Waals surface area contributed by atoms with E-state index in [4.69, 9.17) is 9.73 Å². The molecule has 4 atom stereocenters. The molecule has 2 aliphatic carbocycles. The lowest BCUT2D eigenvalue weighted by molar-refractivity contribution is -0.130. The summed E-state index contributed by atoms with van der Waals surface area (Å²) >= 11 is 0. The smallest absolute Gasteiger partial charge is 0.338 e. The molecule has 45 heavy (non-hydrogen) atoms. The second-order valence-electron chi connectivity index (χ2n) is 14.4. The Balaban J connectivity index is 1.41. The van der Waals surface area contributed by atoms with Crippen molar-refractivity contribution >= 4 is 27.6 Å². The molecule has 7 nitrogen and oxygen atoms in total. The van der Waals surface area contributed by atoms with Gasteiger partial charge in [0.2, 0.25) is 10.0 Å². The Labute approximate surface area is 266 Å². The van der Waals surface area contributed by atoms with Gasteiger partial charge in [0.25, 0.3) is 5.91 Å². The fourth-order valence-electron chi connectivity index (χ4n) is 7.91. The van der Waals surface area contributed by atoms with Crippen molar-refractivity contribution in [1.82, 2.24) is 4.31 Å². The number of ether oxygens (including phenoxy) is 1. The van der Waals surface area contributed by atoms with Gasteiger partial charge < -0.3 is 4.74 Å². The first-order chi connectivity index (χ1) is 21.2. The minimum absolute atomic E-state index is 0.00511. The molecule has 3 aliphatic rings. The highest BCUT2D eigenvalue weighted by molar-refractivity contribution is 7.90. The lowest BCUT2D eigenvalue weighted by Gasteiger charge is -2.37. The number of carbonyl (C=O) groups is 2. The molecule has 1 amide bonds. The van der Waals surface area contributed by atoms with E-state index in [9.17, 15) is 18.0 Å². The van der Waals surface area contributed by atoms with Crippen LogP contribution < -0.4 is 0 Å². The van der Waals surface area contributed by atoms with Crippen LogP contribution >= 0.6 is 0 Å². The van der Waals surface area contributed by atoms with Crippen LogP contribution in [-0.4, -0.2) is 53.7 Å². The molecule has 2 saturated carbocycles. The summed E-state index contributed by atoms with van der Waals surface area (Å²) in [5.74, 6) is -0.520. The van der Waals surface area contributed by atoms with Gasteiger partial charge in [-0.05, 0) is 69.1 Å². The summed E-state index contributed by atoms with van der Waals surface area (Å²) in [5.41, 5.74) is 2.26. The standard InChI is InChI=1S/C37H42N2O5S/c1-35(2,3)44-34(41)28-18-16-25(17-19-28)22-30(38-32(26-12-8-6-9-13-26)27-14-10-7-11-15-27)33(40)39-31-23-29-20-21-37(31,36(29,4)5)24-45(39,42)43/h6-19,29-31H,20-24H2,1-5H3/t29-,30+,31-,37-/m1/s1. The third kappa shape index (κ3) is 5.62. The number of amides is 1. The van der Waals surface area contributed by atoms with Crippen molar-refractivity contribution in [3.63, 3.8) is 0 Å². The minimum atomic E-state index is -3.84. The summed E-state index contributed by atoms with van der Waals surface area (Å²) in [7, 11) is -3.84. The van der Waals surface area contributed by atoms with E-state index >= 15 is 0 Å². The quantitative estimate of drug-likeness (QED) is 0.222. The third-order valence-electron chi connectivity index (χ3n) is 10.3. The van der Waals surface area contributed by atoms with Gasteiger partial charge in [-0.1, -0.05) is 86.6 Å². The van der Waals surface area contributed by atoms with E-state index in [1.807, 2.05) is 81.4 Å². The van der Waals surface area contributed by atoms with Crippen LogP contribution in [0.4, 0.5) is 0 Å². The van der Waals surface area contributed by atoms with Crippen molar-refractivity contribution in [1.29, 1.82) is 0 Å². The Morgan fingerprint density at radius 3 is 2.02 bits per heavy atom. The lowest BCUT2D eigenvalue weighted by Crippen LogP contribution is -2.48. The molecular weight excluding hydrogens is 584 g/mol. The average Bonchev–Trinajstić information content (AvgIpc) is 3.47. The molecule has 0 aromatic heterocycles. The van der Waals surface area contributed by atoms with Crippen LogP contribution in [0, 0.1) is 16.7 Å². The third-order valence-corrected chi connectivity index (χ3v) is 12.2. The molecule has 0 unspecified atom stereocenters. The van der Waals surface area contributed by atoms with Gasteiger partial charge in [0.1, 0.15) is 11.6 Å². The summed E-state index contributed by atoms with van der Waals surface area (Å²) in [5, 5.41) is 0. The highest BCUT2D eigenvalue weighted by atomic mass is 32.2. The van der Waals surface area contributed by atoms with Crippen molar-refractivity contribution in [2.24, 2.45) is 21.7 Å². The molecule has 1 spiro atoms. The molecule has 3 fully saturated rings. The second-order valence-corrected chi connectivity index (χ2v) is 16.2. The Morgan fingerprint density at radius 1 is 0.911 bits per heavy atom. The predicted octanol–water partition coefficient (Wildman–Crippen LogP) is 6.46. The molecular formula is C37H42N2O5S. The van der Waals surface area contributed by atoms with Gasteiger partial charge in [-0.2, -0.15) is 0 Å². The zero-order chi connectivity index (χ0) is 32.2. The van der Waals surface area contributed by atoms with Crippen molar-refractivity contribution in [2.45, 2.75) is 78.0 Å². The summed E-state index contributed by atoms with van der Waals surface area (Å²) in [6, 6.07) is 24.9. The van der Waals surface area contributed by atoms with Gasteiger partial charge in [-0.15, -0.1) is 0 Å². The minimum Gasteiger partial charge on any atom is -0.456 e. The Hall–Kier alpha value is -3.78. The van der Waals surface area contributed by atoms with Crippen LogP contribution in [0.3, 0.4) is 0 Å². The molecule has 6 rings (SSSR count). The zero-order valence-electron chi connectivity index (χ0n) is 26.7. The van der Waals surface area contributed by atoms with E-state index < -0.39 is 39.0 Å². The van der Waals surface area contributed by atoms with Crippen LogP contribution in [-0.2, 0) is 26.0 Å². The van der Waals surface area contributed by atoms with E-state index in [-0.39, 0.29) is 23.6 Å². The molecule has 1 aliphatic heterocycles. The summed E-state index contributed by atoms with van der Waals surface area (Å²) < 4.78 is 34.6. The fourth-order valence-corrected chi connectivity index (χ4v) is 10.5. The molecule has 3 aromatic carbocycles. The maximum absolute atomic E-state index is 14.7. The number of benzene rings is 3. The maximum Gasteiger partial charge on any atom is 0.338 e. The first kappa shape index (κ1) is 31.2. The predicted molar refractivity (Wildman–Crippen MR) is 176 cm³/mol. The number of hydrogen-bond acceptors (Lipinski definition) is 6. The zero-order valence-corrected chi connectivity index (χ0v) is 27.5. The molecule has 3 aromatic rings. The molecule has 236 valence electrons. The molecule has 0 N–H and O–H groups in total. The largest absolute Gasteiger partial charge is 0.456 e. The number of fused-ring (bicyclic) bond motifs is 1. The van der Waals surface area contributed by atoms with Gasteiger partial charge in [0.15, 0.2) is 0 Å². The number of hydrogen-bond donors (Lipinski definition) is 0. The number of esters is 1. The number of carbonyl (C=O) groups excluding carboxylic acids is 2. The van der Waals surface area contributed by atoms with Crippen LogP contribution in [0.2, 0.25) is 0 Å². The fraction of sp³-hybridized carbons (Fsp3) is 0.432. The topological polar surface area (TPSA) is 93.1 Å². The van der Waals surface area contributed by atoms with Crippen molar-refractivity contribution in [3.8, 4) is 0 Å². The normalized spacial score (nSPS) is 25.0. The number of aliphatic imine (C=N–C) groups is 1. The van der Waals surface area contributed by atoms with Gasteiger partial charge in [-0.3, -0.25) is 9.79 Å². The summed E-state index contributed by atoms with van der Waals surface area (Å²) in [6.45, 7) is 9.81. The molecule has 1 heterocycles. The highest BCUT2D eigenvalue weighted by Crippen LogP contribution is 2.70. The first-order valence-electron chi connectivity index (χ1n) is 15.8. The van der Waals surface area contributed by atoms with E-state index in [2.05, 4.69) is 13.8 Å². The van der Waals surface area contributed by atoms with Crippen LogP contribution in [0.1, 0.15) is 80.9 Å². The number of sulfonamides is 1. The van der Waals surface area contributed by atoms with Crippen LogP contribution in [0.5, 0.6) is 0 Å². The molecule has 1 saturated heterocycles. The lowest BCUT2D eigenvalue weighted by atomic mass is 9.69. The van der Waals surface area contributed by atoms with Crippen molar-refractivity contribution in [3.05, 3.63) is 107 Å². The van der Waals surface area contributed by atoms with Crippen molar-refractivity contribution < 1.29 is 22.7 Å². The van der Waals surface area contributed by atoms with E-state index in [0.717, 1.165) is 29.5 Å². The highest BCUT2D eigenvalue weighted by Gasteiger charge is 2.72. The van der Waals surface area contributed by atoms with E-state index in [1.165, 1.54) is 4.31 Å². The van der Waals surface area contributed by atoms with Gasteiger partial charge in [0, 0.05) is 23.0 Å². The monoisotopic (exact) mass is 626 g/mol. The summed E-state index contributed by atoms with van der Waals surface area (Å²) in [6.07, 6.45) is 2.69.